The van der Waals surface area contributed by atoms with Gasteiger partial charge in [0.1, 0.15) is 0 Å². The maximum absolute atomic E-state index is 12.2. The molecule has 0 atom stereocenters. The Morgan fingerprint density at radius 2 is 2.04 bits per heavy atom. The van der Waals surface area contributed by atoms with Gasteiger partial charge in [0, 0.05) is 33.4 Å². The lowest BCUT2D eigenvalue weighted by Gasteiger charge is -2.20. The summed E-state index contributed by atoms with van der Waals surface area (Å²) in [7, 11) is -2.18. The lowest BCUT2D eigenvalue weighted by Crippen LogP contribution is -2.26. The van der Waals surface area contributed by atoms with Gasteiger partial charge in [0.25, 0.3) is 0 Å². The molecule has 0 aliphatic carbocycles. The Hall–Kier alpha value is -1.64. The molecule has 0 bridgehead atoms. The molecule has 1 saturated heterocycles. The molecule has 2 N–H and O–H groups in total. The number of carbonyl (C=O) groups is 1. The minimum absolute atomic E-state index is 0.0201. The van der Waals surface area contributed by atoms with Crippen molar-refractivity contribution in [2.75, 3.05) is 38.3 Å². The highest BCUT2D eigenvalue weighted by Gasteiger charge is 2.22. The third-order valence-corrected chi connectivity index (χ3v) is 5.23. The summed E-state index contributed by atoms with van der Waals surface area (Å²) >= 11 is 0. The Kier molecular flexibility index (Phi) is 5.97. The van der Waals surface area contributed by atoms with Crippen LogP contribution in [-0.2, 0) is 14.8 Å². The van der Waals surface area contributed by atoms with Gasteiger partial charge in [-0.1, -0.05) is 0 Å². The van der Waals surface area contributed by atoms with E-state index in [1.165, 1.54) is 12.1 Å². The topological polar surface area (TPSA) is 95.9 Å². The monoisotopic (exact) mass is 342 g/mol. The number of nitrogens with zero attached hydrogens (tertiary/aromatic N) is 1. The number of hydrogen-bond donors (Lipinski definition) is 2. The van der Waals surface area contributed by atoms with Gasteiger partial charge in [-0.15, -0.1) is 0 Å². The standard InChI is InChI=1S/C15H22N2O5S/c1-22-10-4-7-16-23(20,21)12-5-6-14(13(11-12)15(18)19)17-8-2-3-9-17/h5-6,11,16H,2-4,7-10H2,1H3,(H,18,19). The molecule has 128 valence electrons. The quantitative estimate of drug-likeness (QED) is 0.691. The van der Waals surface area contributed by atoms with Crippen LogP contribution in [0.5, 0.6) is 0 Å². The maximum Gasteiger partial charge on any atom is 0.337 e. The summed E-state index contributed by atoms with van der Waals surface area (Å²) in [6, 6.07) is 4.27. The summed E-state index contributed by atoms with van der Waals surface area (Å²) in [5, 5.41) is 9.40. The second kappa shape index (κ2) is 7.76. The zero-order valence-corrected chi connectivity index (χ0v) is 13.9. The van der Waals surface area contributed by atoms with Crippen molar-refractivity contribution in [2.45, 2.75) is 24.2 Å². The van der Waals surface area contributed by atoms with Crippen LogP contribution in [0.3, 0.4) is 0 Å². The van der Waals surface area contributed by atoms with E-state index in [4.69, 9.17) is 4.74 Å². The van der Waals surface area contributed by atoms with Crippen molar-refractivity contribution in [1.82, 2.24) is 4.72 Å². The summed E-state index contributed by atoms with van der Waals surface area (Å²) in [6.07, 6.45) is 2.58. The van der Waals surface area contributed by atoms with E-state index in [0.717, 1.165) is 25.9 Å². The van der Waals surface area contributed by atoms with Crippen LogP contribution in [-0.4, -0.2) is 52.8 Å². The van der Waals surface area contributed by atoms with Gasteiger partial charge in [-0.05, 0) is 37.5 Å². The van der Waals surface area contributed by atoms with E-state index in [-0.39, 0.29) is 17.0 Å². The number of anilines is 1. The fourth-order valence-electron chi connectivity index (χ4n) is 2.59. The molecule has 0 saturated carbocycles. The number of aromatic carboxylic acids is 1. The zero-order valence-electron chi connectivity index (χ0n) is 13.1. The second-order valence-corrected chi connectivity index (χ2v) is 7.19. The number of rotatable bonds is 8. The fraction of sp³-hybridized carbons (Fsp3) is 0.533. The molecule has 0 amide bonds. The van der Waals surface area contributed by atoms with Gasteiger partial charge in [0.15, 0.2) is 0 Å². The molecule has 0 spiro atoms. The lowest BCUT2D eigenvalue weighted by molar-refractivity contribution is 0.0697. The minimum atomic E-state index is -3.72. The van der Waals surface area contributed by atoms with Crippen LogP contribution in [0, 0.1) is 0 Å². The first-order valence-electron chi connectivity index (χ1n) is 7.56. The molecule has 0 aromatic heterocycles. The number of methoxy groups -OCH3 is 1. The molecular formula is C15H22N2O5S. The minimum Gasteiger partial charge on any atom is -0.478 e. The fourth-order valence-corrected chi connectivity index (χ4v) is 3.69. The number of nitrogens with one attached hydrogen (secondary N) is 1. The Labute approximate surface area is 136 Å². The molecule has 2 rings (SSSR count). The van der Waals surface area contributed by atoms with Crippen LogP contribution in [0.1, 0.15) is 29.6 Å². The van der Waals surface area contributed by atoms with E-state index in [1.807, 2.05) is 4.90 Å². The van der Waals surface area contributed by atoms with E-state index < -0.39 is 16.0 Å². The van der Waals surface area contributed by atoms with E-state index in [0.29, 0.717) is 18.7 Å². The number of benzene rings is 1. The Bertz CT molecular complexity index is 654. The van der Waals surface area contributed by atoms with Crippen LogP contribution in [0.15, 0.2) is 23.1 Å². The van der Waals surface area contributed by atoms with E-state index in [2.05, 4.69) is 4.72 Å². The smallest absolute Gasteiger partial charge is 0.337 e. The summed E-state index contributed by atoms with van der Waals surface area (Å²) in [6.45, 7) is 2.28. The normalized spacial score (nSPS) is 15.1. The van der Waals surface area contributed by atoms with Gasteiger partial charge in [0.05, 0.1) is 16.1 Å². The van der Waals surface area contributed by atoms with Gasteiger partial charge >= 0.3 is 5.97 Å². The van der Waals surface area contributed by atoms with Crippen molar-refractivity contribution < 1.29 is 23.1 Å². The van der Waals surface area contributed by atoms with Crippen molar-refractivity contribution in [1.29, 1.82) is 0 Å². The van der Waals surface area contributed by atoms with Crippen LogP contribution >= 0.6 is 0 Å². The summed E-state index contributed by atoms with van der Waals surface area (Å²) in [5.74, 6) is -1.12. The molecule has 8 heteroatoms. The molecular weight excluding hydrogens is 320 g/mol. The van der Waals surface area contributed by atoms with Crippen LogP contribution in [0.25, 0.3) is 0 Å². The van der Waals surface area contributed by atoms with Gasteiger partial charge in [-0.3, -0.25) is 0 Å². The Balaban J connectivity index is 2.22. The first-order chi connectivity index (χ1) is 11.0. The average Bonchev–Trinajstić information content (AvgIpc) is 3.05. The third kappa shape index (κ3) is 4.43. The van der Waals surface area contributed by atoms with Crippen molar-refractivity contribution in [3.8, 4) is 0 Å². The highest BCUT2D eigenvalue weighted by Crippen LogP contribution is 2.27. The molecule has 0 unspecified atom stereocenters. The Morgan fingerprint density at radius 1 is 1.35 bits per heavy atom. The summed E-state index contributed by atoms with van der Waals surface area (Å²) < 4.78 is 31.8. The molecule has 23 heavy (non-hydrogen) atoms. The number of ether oxygens (including phenoxy) is 1. The molecule has 7 nitrogen and oxygen atoms in total. The first-order valence-corrected chi connectivity index (χ1v) is 9.05. The molecule has 1 aromatic rings. The largest absolute Gasteiger partial charge is 0.478 e. The highest BCUT2D eigenvalue weighted by atomic mass is 32.2. The number of sulfonamides is 1. The van der Waals surface area contributed by atoms with E-state index in [1.54, 1.807) is 13.2 Å². The lowest BCUT2D eigenvalue weighted by atomic mass is 10.1. The predicted octanol–water partition coefficient (Wildman–Crippen LogP) is 1.30. The van der Waals surface area contributed by atoms with E-state index >= 15 is 0 Å². The predicted molar refractivity (Wildman–Crippen MR) is 86.5 cm³/mol. The summed E-state index contributed by atoms with van der Waals surface area (Å²) in [4.78, 5) is 13.4. The van der Waals surface area contributed by atoms with Gasteiger partial charge in [0.2, 0.25) is 10.0 Å². The molecule has 1 fully saturated rings. The van der Waals surface area contributed by atoms with Gasteiger partial charge < -0.3 is 14.7 Å². The van der Waals surface area contributed by atoms with E-state index in [9.17, 15) is 18.3 Å². The van der Waals surface area contributed by atoms with Crippen LogP contribution in [0.2, 0.25) is 0 Å². The van der Waals surface area contributed by atoms with Crippen molar-refractivity contribution >= 4 is 21.7 Å². The van der Waals surface area contributed by atoms with Crippen LogP contribution < -0.4 is 9.62 Å². The first kappa shape index (κ1) is 17.7. The number of hydrogen-bond acceptors (Lipinski definition) is 5. The van der Waals surface area contributed by atoms with Gasteiger partial charge in [-0.25, -0.2) is 17.9 Å². The zero-order chi connectivity index (χ0) is 16.9. The molecule has 1 aliphatic heterocycles. The van der Waals surface area contributed by atoms with Crippen LogP contribution in [0.4, 0.5) is 5.69 Å². The molecule has 0 radical (unpaired) electrons. The number of carboxylic acids is 1. The number of carboxylic acid groups (broad SMARTS) is 1. The molecule has 1 heterocycles. The van der Waals surface area contributed by atoms with Crippen molar-refractivity contribution in [3.63, 3.8) is 0 Å². The molecule has 1 aliphatic rings. The highest BCUT2D eigenvalue weighted by molar-refractivity contribution is 7.89. The average molecular weight is 342 g/mol. The maximum atomic E-state index is 12.2. The molecule has 1 aromatic carbocycles. The second-order valence-electron chi connectivity index (χ2n) is 5.42. The van der Waals surface area contributed by atoms with Gasteiger partial charge in [-0.2, -0.15) is 0 Å². The Morgan fingerprint density at radius 3 is 2.65 bits per heavy atom. The third-order valence-electron chi connectivity index (χ3n) is 3.77. The van der Waals surface area contributed by atoms with Crippen molar-refractivity contribution in [2.24, 2.45) is 0 Å². The SMILES string of the molecule is COCCCNS(=O)(=O)c1ccc(N2CCCC2)c(C(=O)O)c1. The summed E-state index contributed by atoms with van der Waals surface area (Å²) in [5.41, 5.74) is 0.597. The van der Waals surface area contributed by atoms with Crippen molar-refractivity contribution in [3.05, 3.63) is 23.8 Å².